The van der Waals surface area contributed by atoms with Gasteiger partial charge in [0.25, 0.3) is 0 Å². The Balaban J connectivity index is 2.33. The summed E-state index contributed by atoms with van der Waals surface area (Å²) in [6.45, 7) is 0. The zero-order chi connectivity index (χ0) is 11.1. The van der Waals surface area contributed by atoms with Gasteiger partial charge < -0.3 is 0 Å². The highest BCUT2D eigenvalue weighted by Gasteiger charge is 2.25. The SMILES string of the molecule is O=S(=O)=C1C=CC=C2C1=Nc1ccccc12. The fraction of sp³-hybridized carbons (Fsp3) is 0. The van der Waals surface area contributed by atoms with E-state index in [2.05, 4.69) is 4.99 Å². The summed E-state index contributed by atoms with van der Waals surface area (Å²) < 4.78 is 22.1. The lowest BCUT2D eigenvalue weighted by Gasteiger charge is -2.05. The number of para-hydroxylation sites is 1. The zero-order valence-corrected chi connectivity index (χ0v) is 9.03. The third kappa shape index (κ3) is 1.20. The largest absolute Gasteiger partial charge is 0.246 e. The minimum absolute atomic E-state index is 0.258. The van der Waals surface area contributed by atoms with E-state index in [4.69, 9.17) is 0 Å². The maximum atomic E-state index is 11.1. The van der Waals surface area contributed by atoms with Crippen LogP contribution in [0.4, 0.5) is 5.69 Å². The maximum Gasteiger partial charge on any atom is 0.223 e. The molecular formula is C12H7NO2S. The molecule has 0 spiro atoms. The molecule has 78 valence electrons. The number of fused-ring (bicyclic) bond motifs is 3. The molecule has 0 amide bonds. The van der Waals surface area contributed by atoms with Crippen LogP contribution in [0.3, 0.4) is 0 Å². The Bertz CT molecular complexity index is 698. The molecule has 1 heterocycles. The molecule has 16 heavy (non-hydrogen) atoms. The summed E-state index contributed by atoms with van der Waals surface area (Å²) in [6.07, 6.45) is 5.19. The van der Waals surface area contributed by atoms with Crippen molar-refractivity contribution in [3.05, 3.63) is 48.1 Å². The van der Waals surface area contributed by atoms with Crippen LogP contribution in [0.1, 0.15) is 5.56 Å². The number of rotatable bonds is 0. The van der Waals surface area contributed by atoms with Gasteiger partial charge >= 0.3 is 0 Å². The van der Waals surface area contributed by atoms with Gasteiger partial charge in [-0.3, -0.25) is 0 Å². The average Bonchev–Trinajstić information content (AvgIpc) is 2.67. The number of aliphatic imine (C=N–C) groups is 1. The summed E-state index contributed by atoms with van der Waals surface area (Å²) in [7, 11) is -2.24. The molecule has 0 saturated heterocycles. The summed E-state index contributed by atoms with van der Waals surface area (Å²) in [5.74, 6) is 0. The Morgan fingerprint density at radius 3 is 2.75 bits per heavy atom. The van der Waals surface area contributed by atoms with Gasteiger partial charge in [0.05, 0.1) is 11.4 Å². The maximum absolute atomic E-state index is 11.1. The monoisotopic (exact) mass is 229 g/mol. The summed E-state index contributed by atoms with van der Waals surface area (Å²) in [4.78, 5) is 4.60. The molecule has 0 radical (unpaired) electrons. The summed E-state index contributed by atoms with van der Waals surface area (Å²) in [5, 5.41) is 0. The van der Waals surface area contributed by atoms with E-state index in [0.29, 0.717) is 5.71 Å². The first-order valence-electron chi connectivity index (χ1n) is 4.81. The van der Waals surface area contributed by atoms with Crippen molar-refractivity contribution in [2.24, 2.45) is 4.99 Å². The standard InChI is InChI=1S/C12H7NO2S/c14-16(15)11-7-3-5-9-8-4-1-2-6-10(8)13-12(9)11/h1-7H. The van der Waals surface area contributed by atoms with Crippen LogP contribution in [-0.2, 0) is 10.3 Å². The molecule has 1 aliphatic carbocycles. The van der Waals surface area contributed by atoms with E-state index >= 15 is 0 Å². The van der Waals surface area contributed by atoms with Crippen molar-refractivity contribution >= 4 is 32.1 Å². The van der Waals surface area contributed by atoms with Crippen LogP contribution < -0.4 is 0 Å². The molecule has 1 aromatic carbocycles. The van der Waals surface area contributed by atoms with Crippen LogP contribution >= 0.6 is 0 Å². The number of allylic oxidation sites excluding steroid dienone is 4. The van der Waals surface area contributed by atoms with Crippen molar-refractivity contribution in [2.75, 3.05) is 0 Å². The van der Waals surface area contributed by atoms with Gasteiger partial charge in [-0.05, 0) is 12.1 Å². The van der Waals surface area contributed by atoms with Crippen molar-refractivity contribution in [1.82, 2.24) is 0 Å². The van der Waals surface area contributed by atoms with E-state index in [0.717, 1.165) is 16.8 Å². The van der Waals surface area contributed by atoms with Crippen LogP contribution in [-0.4, -0.2) is 19.0 Å². The summed E-state index contributed by atoms with van der Waals surface area (Å²) in [5.41, 5.74) is 3.26. The van der Waals surface area contributed by atoms with Crippen molar-refractivity contribution in [1.29, 1.82) is 0 Å². The highest BCUT2D eigenvalue weighted by Crippen LogP contribution is 2.36. The van der Waals surface area contributed by atoms with E-state index in [1.54, 1.807) is 12.2 Å². The highest BCUT2D eigenvalue weighted by atomic mass is 32.2. The molecule has 2 aliphatic rings. The Kier molecular flexibility index (Phi) is 1.91. The lowest BCUT2D eigenvalue weighted by Crippen LogP contribution is -2.14. The lowest BCUT2D eigenvalue weighted by atomic mass is 9.97. The third-order valence-electron chi connectivity index (χ3n) is 2.61. The number of nitrogens with zero attached hydrogens (tertiary/aromatic N) is 1. The second-order valence-electron chi connectivity index (χ2n) is 3.52. The van der Waals surface area contributed by atoms with E-state index in [1.165, 1.54) is 0 Å². The van der Waals surface area contributed by atoms with Gasteiger partial charge in [-0.25, -0.2) is 4.99 Å². The molecule has 0 bridgehead atoms. The highest BCUT2D eigenvalue weighted by molar-refractivity contribution is 7.75. The first-order valence-corrected chi connectivity index (χ1v) is 5.88. The van der Waals surface area contributed by atoms with Gasteiger partial charge in [-0.1, -0.05) is 30.4 Å². The summed E-state index contributed by atoms with van der Waals surface area (Å²) in [6, 6.07) is 7.64. The van der Waals surface area contributed by atoms with Crippen LogP contribution in [0.5, 0.6) is 0 Å². The van der Waals surface area contributed by atoms with Crippen LogP contribution in [0.2, 0.25) is 0 Å². The fourth-order valence-electron chi connectivity index (χ4n) is 1.91. The predicted molar refractivity (Wildman–Crippen MR) is 64.6 cm³/mol. The van der Waals surface area contributed by atoms with Crippen molar-refractivity contribution in [3.8, 4) is 0 Å². The Morgan fingerprint density at radius 1 is 1.12 bits per heavy atom. The second kappa shape index (κ2) is 3.28. The number of hydrogen-bond donors (Lipinski definition) is 0. The molecule has 3 nitrogen and oxygen atoms in total. The van der Waals surface area contributed by atoms with Gasteiger partial charge in [0.2, 0.25) is 10.3 Å². The fourth-order valence-corrected chi connectivity index (χ4v) is 2.41. The van der Waals surface area contributed by atoms with E-state index in [-0.39, 0.29) is 4.86 Å². The Labute approximate surface area is 94.0 Å². The molecule has 0 fully saturated rings. The van der Waals surface area contributed by atoms with Crippen molar-refractivity contribution < 1.29 is 8.42 Å². The zero-order valence-electron chi connectivity index (χ0n) is 8.21. The van der Waals surface area contributed by atoms with Crippen molar-refractivity contribution in [2.45, 2.75) is 0 Å². The van der Waals surface area contributed by atoms with E-state index < -0.39 is 10.3 Å². The lowest BCUT2D eigenvalue weighted by molar-refractivity contribution is 0.627. The minimum atomic E-state index is -2.24. The van der Waals surface area contributed by atoms with E-state index in [1.807, 2.05) is 30.3 Å². The van der Waals surface area contributed by atoms with Gasteiger partial charge in [0.15, 0.2) is 0 Å². The van der Waals surface area contributed by atoms with Gasteiger partial charge in [-0.15, -0.1) is 0 Å². The Morgan fingerprint density at radius 2 is 1.94 bits per heavy atom. The van der Waals surface area contributed by atoms with Crippen LogP contribution in [0.15, 0.2) is 47.5 Å². The molecular weight excluding hydrogens is 222 g/mol. The smallest absolute Gasteiger partial charge is 0.223 e. The van der Waals surface area contributed by atoms with Crippen LogP contribution in [0, 0.1) is 0 Å². The molecule has 1 aromatic rings. The number of benzene rings is 1. The molecule has 0 aromatic heterocycles. The first-order chi connectivity index (χ1) is 7.77. The average molecular weight is 229 g/mol. The normalized spacial score (nSPS) is 16.4. The van der Waals surface area contributed by atoms with Crippen molar-refractivity contribution in [3.63, 3.8) is 0 Å². The molecule has 0 unspecified atom stereocenters. The topological polar surface area (TPSA) is 46.5 Å². The predicted octanol–water partition coefficient (Wildman–Crippen LogP) is 1.78. The molecule has 0 saturated carbocycles. The first kappa shape index (κ1) is 9.30. The molecule has 1 aliphatic heterocycles. The molecule has 3 rings (SSSR count). The van der Waals surface area contributed by atoms with Gasteiger partial charge in [0, 0.05) is 11.1 Å². The summed E-state index contributed by atoms with van der Waals surface area (Å²) >= 11 is 0. The molecule has 4 heteroatoms. The number of hydrogen-bond acceptors (Lipinski definition) is 3. The van der Waals surface area contributed by atoms with Gasteiger partial charge in [0.1, 0.15) is 4.86 Å². The minimum Gasteiger partial charge on any atom is -0.246 e. The second-order valence-corrected chi connectivity index (χ2v) is 4.43. The van der Waals surface area contributed by atoms with Crippen LogP contribution in [0.25, 0.3) is 5.57 Å². The molecule has 0 N–H and O–H groups in total. The van der Waals surface area contributed by atoms with E-state index in [9.17, 15) is 8.42 Å². The molecule has 0 atom stereocenters. The third-order valence-corrected chi connectivity index (χ3v) is 3.29. The Hall–Kier alpha value is -1.94. The quantitative estimate of drug-likeness (QED) is 0.636. The van der Waals surface area contributed by atoms with Gasteiger partial charge in [-0.2, -0.15) is 8.42 Å².